The van der Waals surface area contributed by atoms with Gasteiger partial charge < -0.3 is 19.8 Å². The molecule has 6 heteroatoms. The quantitative estimate of drug-likeness (QED) is 0.149. The van der Waals surface area contributed by atoms with Crippen molar-refractivity contribution in [3.05, 3.63) is 0 Å². The van der Waals surface area contributed by atoms with Crippen molar-refractivity contribution in [2.75, 3.05) is 0 Å². The van der Waals surface area contributed by atoms with Gasteiger partial charge in [0.05, 0.1) is 11.9 Å². The molecule has 0 N–H and O–H groups in total. The van der Waals surface area contributed by atoms with Crippen LogP contribution in [-0.4, -0.2) is 11.9 Å². The van der Waals surface area contributed by atoms with Gasteiger partial charge in [-0.3, -0.25) is 0 Å². The van der Waals surface area contributed by atoms with Gasteiger partial charge in [-0.15, -0.1) is 0 Å². The monoisotopic (exact) mass is 382 g/mol. The molecular weight excluding hydrogens is 342 g/mol. The van der Waals surface area contributed by atoms with Gasteiger partial charge in [-0.25, -0.2) is 0 Å². The summed E-state index contributed by atoms with van der Waals surface area (Å²) >= 11 is 0. The number of hydrogen-bond donors (Lipinski definition) is 0. The van der Waals surface area contributed by atoms with Crippen LogP contribution in [0.4, 0.5) is 0 Å². The maximum atomic E-state index is 11.5. The number of aliphatic carboxylic acids is 2. The van der Waals surface area contributed by atoms with Crippen molar-refractivity contribution >= 4 is 11.9 Å². The van der Waals surface area contributed by atoms with Crippen molar-refractivity contribution in [3.8, 4) is 0 Å². The van der Waals surface area contributed by atoms with Crippen LogP contribution in [0.2, 0.25) is 0 Å². The first-order valence-corrected chi connectivity index (χ1v) is 10.9. The molecule has 0 bridgehead atoms. The van der Waals surface area contributed by atoms with E-state index in [1.807, 2.05) is 0 Å². The van der Waals surface area contributed by atoms with Crippen LogP contribution in [0, 0.1) is 5.41 Å². The van der Waals surface area contributed by atoms with Gasteiger partial charge in [0.2, 0.25) is 0 Å². The third kappa shape index (κ3) is 15.0. The Bertz CT molecular complexity index is 362. The molecule has 0 aromatic heterocycles. The third-order valence-corrected chi connectivity index (χ3v) is 5.45. The van der Waals surface area contributed by atoms with Crippen LogP contribution in [0.15, 0.2) is 0 Å². The Morgan fingerprint density at radius 3 is 1.04 bits per heavy atom. The predicted octanol–water partition coefficient (Wildman–Crippen LogP) is -1.85. The molecule has 0 saturated heterocycles. The number of hydrogen-bond acceptors (Lipinski definition) is 4. The van der Waals surface area contributed by atoms with Crippen molar-refractivity contribution < 1.29 is 57.5 Å². The third-order valence-electron chi connectivity index (χ3n) is 5.45. The molecule has 0 amide bonds. The SMILES string of the molecule is CCCCCCCCCCCCC(CCCCCCC)(C(=O)[O-])C(=O)[O-].[Li+].[Li+]. The normalized spacial score (nSPS) is 10.8. The minimum Gasteiger partial charge on any atom is -0.549 e. The molecule has 0 atom stereocenters. The number of carbonyl (C=O) groups is 2. The Balaban J connectivity index is -0.00000312. The first kappa shape index (κ1) is 32.8. The zero-order chi connectivity index (χ0) is 19.7. The van der Waals surface area contributed by atoms with Gasteiger partial charge >= 0.3 is 37.7 Å². The summed E-state index contributed by atoms with van der Waals surface area (Å²) in [6.07, 6.45) is 16.3. The standard InChI is InChI=1S/C22H42O4.2Li/c1-3-5-7-9-10-11-12-13-15-17-19-22(20(23)24,21(25)26)18-16-14-8-6-4-2;;/h3-19H2,1-2H3,(H,23,24)(H,25,26);;/q;2*+1/p-2. The van der Waals surface area contributed by atoms with Gasteiger partial charge in [-0.2, -0.15) is 0 Å². The molecule has 0 unspecified atom stereocenters. The second-order valence-electron chi connectivity index (χ2n) is 7.75. The van der Waals surface area contributed by atoms with E-state index < -0.39 is 17.4 Å². The molecule has 4 nitrogen and oxygen atoms in total. The Morgan fingerprint density at radius 1 is 0.536 bits per heavy atom. The minimum absolute atomic E-state index is 0. The summed E-state index contributed by atoms with van der Waals surface area (Å²) in [5.74, 6) is -2.94. The van der Waals surface area contributed by atoms with Crippen LogP contribution < -0.4 is 47.9 Å². The van der Waals surface area contributed by atoms with Crippen LogP contribution in [0.25, 0.3) is 0 Å². The molecule has 0 aromatic rings. The Hall–Kier alpha value is 0.135. The molecule has 0 fully saturated rings. The predicted molar refractivity (Wildman–Crippen MR) is 102 cm³/mol. The largest absolute Gasteiger partial charge is 1.00 e. The second-order valence-corrected chi connectivity index (χ2v) is 7.75. The van der Waals surface area contributed by atoms with Crippen molar-refractivity contribution in [1.82, 2.24) is 0 Å². The van der Waals surface area contributed by atoms with Gasteiger partial charge in [0.1, 0.15) is 0 Å². The molecule has 0 aliphatic heterocycles. The van der Waals surface area contributed by atoms with Crippen molar-refractivity contribution in [2.45, 2.75) is 123 Å². The number of carbonyl (C=O) groups excluding carboxylic acids is 2. The molecule has 0 aromatic carbocycles. The Kier molecular flexibility index (Phi) is 25.6. The van der Waals surface area contributed by atoms with E-state index in [4.69, 9.17) is 0 Å². The van der Waals surface area contributed by atoms with Gasteiger partial charge in [0, 0.05) is 5.41 Å². The van der Waals surface area contributed by atoms with Gasteiger partial charge in [0.25, 0.3) is 0 Å². The zero-order valence-corrected chi connectivity index (χ0v) is 19.2. The fourth-order valence-electron chi connectivity index (χ4n) is 3.56. The number of unbranched alkanes of at least 4 members (excludes halogenated alkanes) is 13. The van der Waals surface area contributed by atoms with E-state index in [1.165, 1.54) is 38.5 Å². The van der Waals surface area contributed by atoms with Crippen LogP contribution in [0.1, 0.15) is 123 Å². The molecule has 154 valence electrons. The fourth-order valence-corrected chi connectivity index (χ4v) is 3.56. The summed E-state index contributed by atoms with van der Waals surface area (Å²) in [6, 6.07) is 0. The average Bonchev–Trinajstić information content (AvgIpc) is 2.60. The van der Waals surface area contributed by atoms with Crippen molar-refractivity contribution in [3.63, 3.8) is 0 Å². The molecule has 0 heterocycles. The van der Waals surface area contributed by atoms with Gasteiger partial charge in [-0.05, 0) is 12.8 Å². The zero-order valence-electron chi connectivity index (χ0n) is 19.2. The maximum absolute atomic E-state index is 11.5. The summed E-state index contributed by atoms with van der Waals surface area (Å²) in [4.78, 5) is 23.1. The molecule has 0 rings (SSSR count). The topological polar surface area (TPSA) is 80.3 Å². The van der Waals surface area contributed by atoms with Crippen molar-refractivity contribution in [2.24, 2.45) is 5.41 Å². The molecule has 0 radical (unpaired) electrons. The molecular formula is C22H40Li2O4. The molecule has 0 aliphatic carbocycles. The minimum atomic E-state index is -1.80. The van der Waals surface area contributed by atoms with E-state index in [1.54, 1.807) is 0 Å². The van der Waals surface area contributed by atoms with E-state index in [0.717, 1.165) is 44.9 Å². The van der Waals surface area contributed by atoms with Crippen molar-refractivity contribution in [1.29, 1.82) is 0 Å². The summed E-state index contributed by atoms with van der Waals surface area (Å²) in [7, 11) is 0. The van der Waals surface area contributed by atoms with E-state index in [0.29, 0.717) is 12.8 Å². The van der Waals surface area contributed by atoms with E-state index in [9.17, 15) is 19.8 Å². The van der Waals surface area contributed by atoms with Gasteiger partial charge in [-0.1, -0.05) is 110 Å². The second kappa shape index (κ2) is 21.8. The number of carboxylic acids is 2. The molecule has 0 saturated carbocycles. The van der Waals surface area contributed by atoms with E-state index in [2.05, 4.69) is 13.8 Å². The smallest absolute Gasteiger partial charge is 0.549 e. The number of rotatable bonds is 19. The van der Waals surface area contributed by atoms with Crippen LogP contribution in [-0.2, 0) is 9.59 Å². The molecule has 28 heavy (non-hydrogen) atoms. The average molecular weight is 382 g/mol. The summed E-state index contributed by atoms with van der Waals surface area (Å²) in [6.45, 7) is 4.32. The Morgan fingerprint density at radius 2 is 0.786 bits per heavy atom. The Labute approximate surface area is 197 Å². The first-order chi connectivity index (χ1) is 12.5. The van der Waals surface area contributed by atoms with E-state index in [-0.39, 0.29) is 50.6 Å². The molecule has 0 aliphatic rings. The van der Waals surface area contributed by atoms with Gasteiger partial charge in [0.15, 0.2) is 0 Å². The first-order valence-electron chi connectivity index (χ1n) is 10.9. The van der Waals surface area contributed by atoms with E-state index >= 15 is 0 Å². The molecule has 0 spiro atoms. The summed E-state index contributed by atoms with van der Waals surface area (Å²) in [5.41, 5.74) is -1.80. The maximum Gasteiger partial charge on any atom is 1.00 e. The summed E-state index contributed by atoms with van der Waals surface area (Å²) in [5, 5.41) is 23.1. The fraction of sp³-hybridized carbons (Fsp3) is 0.909. The summed E-state index contributed by atoms with van der Waals surface area (Å²) < 4.78 is 0. The van der Waals surface area contributed by atoms with Crippen LogP contribution in [0.5, 0.6) is 0 Å². The van der Waals surface area contributed by atoms with Crippen LogP contribution >= 0.6 is 0 Å². The van der Waals surface area contributed by atoms with Crippen LogP contribution in [0.3, 0.4) is 0 Å². The number of carboxylic acid groups (broad SMARTS) is 2.